The summed E-state index contributed by atoms with van der Waals surface area (Å²) in [5.74, 6) is 1.84. The summed E-state index contributed by atoms with van der Waals surface area (Å²) < 4.78 is 8.92. The van der Waals surface area contributed by atoms with Gasteiger partial charge in [0.25, 0.3) is 0 Å². The van der Waals surface area contributed by atoms with E-state index in [0.29, 0.717) is 5.82 Å². The fraction of sp³-hybridized carbons (Fsp3) is 0.522. The zero-order valence-corrected chi connectivity index (χ0v) is 19.8. The van der Waals surface area contributed by atoms with Gasteiger partial charge in [-0.05, 0) is 59.9 Å². The molecule has 1 aliphatic rings. The summed E-state index contributed by atoms with van der Waals surface area (Å²) in [6.07, 6.45) is 7.12. The highest BCUT2D eigenvalue weighted by molar-refractivity contribution is 5.67. The predicted octanol–water partition coefficient (Wildman–Crippen LogP) is 4.13. The molecule has 0 spiro atoms. The molecule has 0 radical (unpaired) electrons. The summed E-state index contributed by atoms with van der Waals surface area (Å²) >= 11 is 0. The van der Waals surface area contributed by atoms with Crippen molar-refractivity contribution >= 4 is 17.7 Å². The summed E-state index contributed by atoms with van der Waals surface area (Å²) in [4.78, 5) is 20.5. The van der Waals surface area contributed by atoms with Gasteiger partial charge in [0.15, 0.2) is 0 Å². The van der Waals surface area contributed by atoms with Crippen molar-refractivity contribution in [1.82, 2.24) is 34.8 Å². The molecule has 0 aliphatic heterocycles. The highest BCUT2D eigenvalue weighted by Crippen LogP contribution is 2.36. The van der Waals surface area contributed by atoms with Gasteiger partial charge in [-0.1, -0.05) is 0 Å². The number of amides is 1. The summed E-state index contributed by atoms with van der Waals surface area (Å²) in [6, 6.07) is 5.99. The lowest BCUT2D eigenvalue weighted by Crippen LogP contribution is -2.34. The number of hydrogen-bond acceptors (Lipinski definition) is 7. The van der Waals surface area contributed by atoms with E-state index >= 15 is 0 Å². The normalized spacial score (nSPS) is 18.5. The molecule has 1 fully saturated rings. The molecule has 1 amide bonds. The maximum atomic E-state index is 12.0. The van der Waals surface area contributed by atoms with Crippen LogP contribution in [0.15, 0.2) is 37.1 Å². The number of carbonyl (C=O) groups is 1. The Balaban J connectivity index is 1.52. The Morgan fingerprint density at radius 1 is 1.24 bits per heavy atom. The van der Waals surface area contributed by atoms with Gasteiger partial charge >= 0.3 is 6.09 Å². The van der Waals surface area contributed by atoms with Gasteiger partial charge in [-0.15, -0.1) is 0 Å². The molecule has 2 N–H and O–H groups in total. The molecule has 2 atom stereocenters. The molecule has 4 rings (SSSR count). The molecule has 0 saturated heterocycles. The van der Waals surface area contributed by atoms with Crippen molar-refractivity contribution in [1.29, 1.82) is 0 Å². The lowest BCUT2D eigenvalue weighted by Gasteiger charge is -2.22. The van der Waals surface area contributed by atoms with Crippen LogP contribution in [0.4, 0.5) is 16.4 Å². The van der Waals surface area contributed by atoms with E-state index in [1.54, 1.807) is 17.2 Å². The lowest BCUT2D eigenvalue weighted by molar-refractivity contribution is 0.112. The number of nitrogens with one attached hydrogen (secondary N) is 2. The second kappa shape index (κ2) is 9.21. The Hall–Kier alpha value is -3.43. The molecule has 1 aliphatic carbocycles. The fourth-order valence-corrected chi connectivity index (χ4v) is 4.10. The first-order chi connectivity index (χ1) is 15.7. The zero-order valence-electron chi connectivity index (χ0n) is 19.8. The number of hydrogen-bond donors (Lipinski definition) is 2. The second-order valence-electron chi connectivity index (χ2n) is 9.71. The minimum absolute atomic E-state index is 0.0958. The minimum atomic E-state index is -0.350. The van der Waals surface area contributed by atoms with Crippen LogP contribution in [0, 0.1) is 0 Å². The summed E-state index contributed by atoms with van der Waals surface area (Å²) in [5, 5.41) is 15.5. The fourth-order valence-electron chi connectivity index (χ4n) is 4.10. The van der Waals surface area contributed by atoms with Gasteiger partial charge in [-0.25, -0.2) is 24.1 Å². The Morgan fingerprint density at radius 2 is 2.06 bits per heavy atom. The van der Waals surface area contributed by atoms with Crippen molar-refractivity contribution in [3.05, 3.63) is 42.7 Å². The van der Waals surface area contributed by atoms with Gasteiger partial charge in [-0.2, -0.15) is 10.2 Å². The third-order valence-electron chi connectivity index (χ3n) is 5.56. The van der Waals surface area contributed by atoms with E-state index in [0.717, 1.165) is 36.5 Å². The Kier molecular flexibility index (Phi) is 6.35. The number of nitrogens with zero attached hydrogens (tertiary/aromatic N) is 6. The van der Waals surface area contributed by atoms with Gasteiger partial charge in [0.2, 0.25) is 0 Å². The quantitative estimate of drug-likeness (QED) is 0.578. The largest absolute Gasteiger partial charge is 0.447 e. The first-order valence-corrected chi connectivity index (χ1v) is 11.3. The van der Waals surface area contributed by atoms with Gasteiger partial charge in [0.05, 0.1) is 23.0 Å². The highest BCUT2D eigenvalue weighted by Gasteiger charge is 2.31. The van der Waals surface area contributed by atoms with Crippen LogP contribution in [0.5, 0.6) is 0 Å². The van der Waals surface area contributed by atoms with Crippen molar-refractivity contribution < 1.29 is 9.53 Å². The Morgan fingerprint density at radius 3 is 2.76 bits per heavy atom. The number of rotatable bonds is 6. The standard InChI is InChI=1S/C23H32N8O2/c1-15(2)33-22(32)27-17-7-6-16(10-17)19-12-21(31(29-19)23(3,4)5)28-20-11-18(8-9-25-20)30-14-24-13-26-30/h8-9,11-17H,6-7,10H2,1-5H3,(H,25,28)(H,27,32)/t16-,17+/m0/s1. The third kappa shape index (κ3) is 5.50. The van der Waals surface area contributed by atoms with Crippen LogP contribution in [0.3, 0.4) is 0 Å². The smallest absolute Gasteiger partial charge is 0.407 e. The molecular formula is C23H32N8O2. The van der Waals surface area contributed by atoms with E-state index < -0.39 is 0 Å². The zero-order chi connectivity index (χ0) is 23.6. The van der Waals surface area contributed by atoms with Crippen LogP contribution in [0.1, 0.15) is 65.5 Å². The Bertz CT molecular complexity index is 1080. The third-order valence-corrected chi connectivity index (χ3v) is 5.56. The number of pyridine rings is 1. The molecule has 33 heavy (non-hydrogen) atoms. The van der Waals surface area contributed by atoms with Gasteiger partial charge < -0.3 is 15.4 Å². The predicted molar refractivity (Wildman–Crippen MR) is 125 cm³/mol. The average molecular weight is 453 g/mol. The molecule has 3 heterocycles. The van der Waals surface area contributed by atoms with Gasteiger partial charge in [0, 0.05) is 30.3 Å². The maximum absolute atomic E-state index is 12.0. The van der Waals surface area contributed by atoms with E-state index in [9.17, 15) is 4.79 Å². The molecule has 3 aromatic heterocycles. The van der Waals surface area contributed by atoms with Crippen LogP contribution in [0.25, 0.3) is 5.69 Å². The SMILES string of the molecule is CC(C)OC(=O)N[C@@H]1CC[C@H](c2cc(Nc3cc(-n4cncn4)ccn3)n(C(C)(C)C)n2)C1. The highest BCUT2D eigenvalue weighted by atomic mass is 16.6. The Labute approximate surface area is 193 Å². The molecular weight excluding hydrogens is 420 g/mol. The molecule has 0 bridgehead atoms. The molecule has 176 valence electrons. The topological polar surface area (TPSA) is 112 Å². The second-order valence-corrected chi connectivity index (χ2v) is 9.71. The van der Waals surface area contributed by atoms with Crippen molar-refractivity contribution in [2.45, 2.75) is 77.5 Å². The molecule has 10 heteroatoms. The monoisotopic (exact) mass is 452 g/mol. The van der Waals surface area contributed by atoms with Crippen LogP contribution < -0.4 is 10.6 Å². The van der Waals surface area contributed by atoms with E-state index in [-0.39, 0.29) is 29.7 Å². The van der Waals surface area contributed by atoms with E-state index in [2.05, 4.69) is 52.5 Å². The van der Waals surface area contributed by atoms with Crippen molar-refractivity contribution in [3.63, 3.8) is 0 Å². The number of anilines is 2. The maximum Gasteiger partial charge on any atom is 0.407 e. The van der Waals surface area contributed by atoms with Gasteiger partial charge in [-0.3, -0.25) is 0 Å². The number of ether oxygens (including phenoxy) is 1. The van der Waals surface area contributed by atoms with Crippen LogP contribution >= 0.6 is 0 Å². The molecule has 0 unspecified atom stereocenters. The lowest BCUT2D eigenvalue weighted by atomic mass is 10.0. The summed E-state index contributed by atoms with van der Waals surface area (Å²) in [5.41, 5.74) is 1.66. The van der Waals surface area contributed by atoms with Crippen LogP contribution in [-0.2, 0) is 10.3 Å². The first kappa shape index (κ1) is 22.8. The van der Waals surface area contributed by atoms with Gasteiger partial charge in [0.1, 0.15) is 24.3 Å². The van der Waals surface area contributed by atoms with Crippen molar-refractivity contribution in [2.24, 2.45) is 0 Å². The average Bonchev–Trinajstić information content (AvgIpc) is 3.48. The van der Waals surface area contributed by atoms with E-state index in [4.69, 9.17) is 9.84 Å². The number of aromatic nitrogens is 6. The minimum Gasteiger partial charge on any atom is -0.447 e. The van der Waals surface area contributed by atoms with Crippen molar-refractivity contribution in [2.75, 3.05) is 5.32 Å². The molecule has 10 nitrogen and oxygen atoms in total. The van der Waals surface area contributed by atoms with Crippen LogP contribution in [-0.4, -0.2) is 47.8 Å². The van der Waals surface area contributed by atoms with E-state index in [1.807, 2.05) is 30.7 Å². The molecule has 1 saturated carbocycles. The van der Waals surface area contributed by atoms with Crippen molar-refractivity contribution in [3.8, 4) is 5.69 Å². The van der Waals surface area contributed by atoms with Crippen LogP contribution in [0.2, 0.25) is 0 Å². The van der Waals surface area contributed by atoms with E-state index in [1.165, 1.54) is 6.33 Å². The first-order valence-electron chi connectivity index (χ1n) is 11.3. The number of alkyl carbamates (subject to hydrolysis) is 1. The number of carbonyl (C=O) groups excluding carboxylic acids is 1. The summed E-state index contributed by atoms with van der Waals surface area (Å²) in [7, 11) is 0. The summed E-state index contributed by atoms with van der Waals surface area (Å²) in [6.45, 7) is 10.1. The molecule has 0 aromatic carbocycles. The molecule has 3 aromatic rings.